The number of fused-ring (bicyclic) bond motifs is 1. The Kier molecular flexibility index (Phi) is 6.70. The quantitative estimate of drug-likeness (QED) is 0.293. The van der Waals surface area contributed by atoms with E-state index in [9.17, 15) is 18.3 Å². The van der Waals surface area contributed by atoms with Crippen LogP contribution in [0.25, 0.3) is 27.9 Å². The Morgan fingerprint density at radius 1 is 1.27 bits per heavy atom. The Morgan fingerprint density at radius 2 is 2.07 bits per heavy atom. The van der Waals surface area contributed by atoms with Crippen LogP contribution in [0.1, 0.15) is 49.4 Å². The summed E-state index contributed by atoms with van der Waals surface area (Å²) in [5, 5.41) is 16.0. The number of ether oxygens (including phenoxy) is 1. The molecule has 2 aliphatic carbocycles. The van der Waals surface area contributed by atoms with Crippen LogP contribution in [0.2, 0.25) is 0 Å². The summed E-state index contributed by atoms with van der Waals surface area (Å²) in [5.74, 6) is -1.14. The lowest BCUT2D eigenvalue weighted by molar-refractivity contribution is -0.144. The van der Waals surface area contributed by atoms with Crippen molar-refractivity contribution in [2.75, 3.05) is 6.61 Å². The third-order valence-corrected chi connectivity index (χ3v) is 11.2. The van der Waals surface area contributed by atoms with Gasteiger partial charge in [0.2, 0.25) is 10.0 Å². The lowest BCUT2D eigenvalue weighted by Crippen LogP contribution is -2.39. The molecule has 0 saturated heterocycles. The van der Waals surface area contributed by atoms with Gasteiger partial charge in [-0.1, -0.05) is 6.08 Å². The molecule has 0 radical (unpaired) electrons. The second-order valence-corrected chi connectivity index (χ2v) is 13.8. The molecule has 0 bridgehead atoms. The predicted octanol–water partition coefficient (Wildman–Crippen LogP) is 4.57. The third-order valence-electron chi connectivity index (χ3n) is 7.63. The van der Waals surface area contributed by atoms with Crippen molar-refractivity contribution < 1.29 is 27.4 Å². The van der Waals surface area contributed by atoms with Crippen LogP contribution in [-0.2, 0) is 31.7 Å². The van der Waals surface area contributed by atoms with Gasteiger partial charge < -0.3 is 9.84 Å². The zero-order chi connectivity index (χ0) is 29.0. The number of hydrogen-bond acceptors (Lipinski definition) is 9. The van der Waals surface area contributed by atoms with Crippen molar-refractivity contribution in [3.05, 3.63) is 70.9 Å². The fourth-order valence-electron chi connectivity index (χ4n) is 5.13. The smallest absolute Gasteiger partial charge is 0.327 e. The van der Waals surface area contributed by atoms with Gasteiger partial charge in [-0.3, -0.25) is 9.48 Å². The Bertz CT molecular complexity index is 1830. The molecule has 1 N–H and O–H groups in total. The molecule has 10 nitrogen and oxygen atoms in total. The molecule has 4 heterocycles. The van der Waals surface area contributed by atoms with Gasteiger partial charge in [-0.15, -0.1) is 11.3 Å². The monoisotopic (exact) mass is 597 g/mol. The van der Waals surface area contributed by atoms with Crippen LogP contribution in [0.4, 0.5) is 4.39 Å². The van der Waals surface area contributed by atoms with Crippen molar-refractivity contribution in [3.63, 3.8) is 0 Å². The molecular formula is C28H28FN5O5S2. The number of rotatable bonds is 8. The standard InChI is InChI=1S/C28H28FN5O5S2/c1-3-39-24(35)17-33-16-19(14-32-33)22-12-18-6-4-11-30-25(18)34(22)41(37,38)27(2)10-7-20(21(29)13-27)23-15-31-26(40-23)28(36)8-5-9-28/h4,6-7,11-16,36H,3,5,8-10,17H2,1-2H3. The lowest BCUT2D eigenvalue weighted by Gasteiger charge is -2.34. The van der Waals surface area contributed by atoms with E-state index in [-0.39, 0.29) is 30.8 Å². The maximum absolute atomic E-state index is 15.7. The minimum Gasteiger partial charge on any atom is -0.465 e. The highest BCUT2D eigenvalue weighted by Gasteiger charge is 2.44. The van der Waals surface area contributed by atoms with Crippen LogP contribution in [-0.4, -0.2) is 54.6 Å². The number of thiazole rings is 1. The molecule has 41 heavy (non-hydrogen) atoms. The number of nitrogens with zero attached hydrogens (tertiary/aromatic N) is 5. The van der Waals surface area contributed by atoms with Crippen molar-refractivity contribution in [2.24, 2.45) is 0 Å². The van der Waals surface area contributed by atoms with E-state index in [1.54, 1.807) is 37.4 Å². The second kappa shape index (κ2) is 10.00. The molecule has 1 saturated carbocycles. The molecule has 214 valence electrons. The highest BCUT2D eigenvalue weighted by atomic mass is 32.2. The number of carbonyl (C=O) groups excluding carboxylic acids is 1. The summed E-state index contributed by atoms with van der Waals surface area (Å²) in [6.07, 6.45) is 10.9. The molecule has 6 rings (SSSR count). The van der Waals surface area contributed by atoms with Crippen LogP contribution in [0.15, 0.2) is 61.0 Å². The van der Waals surface area contributed by atoms with Gasteiger partial charge in [0.15, 0.2) is 5.65 Å². The number of pyridine rings is 1. The number of allylic oxidation sites excluding steroid dienone is 3. The fraction of sp³-hybridized carbons (Fsp3) is 0.357. The zero-order valence-electron chi connectivity index (χ0n) is 22.4. The van der Waals surface area contributed by atoms with Gasteiger partial charge in [0, 0.05) is 35.1 Å². The van der Waals surface area contributed by atoms with Crippen LogP contribution < -0.4 is 0 Å². The van der Waals surface area contributed by atoms with Crippen LogP contribution in [0, 0.1) is 0 Å². The summed E-state index contributed by atoms with van der Waals surface area (Å²) in [6.45, 7) is 3.29. The summed E-state index contributed by atoms with van der Waals surface area (Å²) >= 11 is 1.23. The lowest BCUT2D eigenvalue weighted by atomic mass is 9.81. The van der Waals surface area contributed by atoms with E-state index in [0.717, 1.165) is 16.5 Å². The maximum atomic E-state index is 15.7. The molecule has 4 aromatic heterocycles. The highest BCUT2D eigenvalue weighted by Crippen LogP contribution is 2.46. The summed E-state index contributed by atoms with van der Waals surface area (Å²) < 4.78 is 50.3. The van der Waals surface area contributed by atoms with Gasteiger partial charge in [-0.2, -0.15) is 5.10 Å². The molecule has 0 spiro atoms. The molecule has 0 aliphatic heterocycles. The molecule has 1 atom stereocenters. The van der Waals surface area contributed by atoms with E-state index < -0.39 is 32.2 Å². The molecular weight excluding hydrogens is 569 g/mol. The van der Waals surface area contributed by atoms with Crippen LogP contribution >= 0.6 is 11.3 Å². The van der Waals surface area contributed by atoms with Crippen molar-refractivity contribution in [1.82, 2.24) is 23.7 Å². The van der Waals surface area contributed by atoms with Gasteiger partial charge in [-0.25, -0.2) is 26.7 Å². The first-order valence-corrected chi connectivity index (χ1v) is 15.5. The van der Waals surface area contributed by atoms with Crippen molar-refractivity contribution in [2.45, 2.75) is 56.4 Å². The number of hydrogen-bond donors (Lipinski definition) is 1. The van der Waals surface area contributed by atoms with Gasteiger partial charge in [0.1, 0.15) is 27.7 Å². The SMILES string of the molecule is CCOC(=O)Cn1cc(-c2cc3cccnc3n2S(=O)(=O)C2(C)C=C(F)C(c3cnc(C4(O)CCC4)s3)=CC2)cn1. The average Bonchev–Trinajstić information content (AvgIpc) is 3.66. The van der Waals surface area contributed by atoms with E-state index >= 15 is 4.39 Å². The number of aliphatic hydroxyl groups is 1. The first-order valence-electron chi connectivity index (χ1n) is 13.2. The van der Waals surface area contributed by atoms with Crippen molar-refractivity contribution >= 4 is 43.9 Å². The van der Waals surface area contributed by atoms with E-state index in [2.05, 4.69) is 15.1 Å². The third kappa shape index (κ3) is 4.61. The van der Waals surface area contributed by atoms with E-state index in [1.165, 1.54) is 41.5 Å². The second-order valence-electron chi connectivity index (χ2n) is 10.5. The molecule has 2 aliphatic rings. The van der Waals surface area contributed by atoms with E-state index in [1.807, 2.05) is 0 Å². The van der Waals surface area contributed by atoms with Crippen molar-refractivity contribution in [1.29, 1.82) is 0 Å². The van der Waals surface area contributed by atoms with E-state index in [4.69, 9.17) is 4.74 Å². The van der Waals surface area contributed by atoms with Gasteiger partial charge in [0.05, 0.1) is 23.4 Å². The maximum Gasteiger partial charge on any atom is 0.327 e. The predicted molar refractivity (Wildman–Crippen MR) is 152 cm³/mol. The van der Waals surface area contributed by atoms with Gasteiger partial charge in [0.25, 0.3) is 0 Å². The minimum absolute atomic E-state index is 0.00363. The topological polar surface area (TPSA) is 129 Å². The molecule has 1 fully saturated rings. The van der Waals surface area contributed by atoms with E-state index in [0.29, 0.717) is 39.4 Å². The molecule has 0 aromatic carbocycles. The van der Waals surface area contributed by atoms with Crippen molar-refractivity contribution in [3.8, 4) is 11.3 Å². The Labute approximate surface area is 239 Å². The Hall–Kier alpha value is -3.68. The summed E-state index contributed by atoms with van der Waals surface area (Å²) in [5.41, 5.74) is 0.243. The summed E-state index contributed by atoms with van der Waals surface area (Å²) in [7, 11) is -4.29. The van der Waals surface area contributed by atoms with Crippen LogP contribution in [0.3, 0.4) is 0 Å². The summed E-state index contributed by atoms with van der Waals surface area (Å²) in [6, 6.07) is 5.13. The normalized spacial score (nSPS) is 20.4. The number of halogens is 1. The number of carbonyl (C=O) groups is 1. The molecule has 13 heteroatoms. The van der Waals surface area contributed by atoms with Crippen LogP contribution in [0.5, 0.6) is 0 Å². The van der Waals surface area contributed by atoms with Gasteiger partial charge >= 0.3 is 5.97 Å². The Balaban J connectivity index is 1.37. The fourth-order valence-corrected chi connectivity index (χ4v) is 7.99. The highest BCUT2D eigenvalue weighted by molar-refractivity contribution is 7.91. The molecule has 0 amide bonds. The minimum atomic E-state index is -4.29. The number of aromatic nitrogens is 5. The number of esters is 1. The molecule has 1 unspecified atom stereocenters. The first-order chi connectivity index (χ1) is 19.5. The Morgan fingerprint density at radius 3 is 2.78 bits per heavy atom. The average molecular weight is 598 g/mol. The van der Waals surface area contributed by atoms with Gasteiger partial charge in [-0.05, 0) is 63.8 Å². The first kappa shape index (κ1) is 27.5. The molecule has 4 aromatic rings. The zero-order valence-corrected chi connectivity index (χ0v) is 24.1. The largest absolute Gasteiger partial charge is 0.465 e. The summed E-state index contributed by atoms with van der Waals surface area (Å²) in [4.78, 5) is 21.1.